The van der Waals surface area contributed by atoms with Gasteiger partial charge in [0.15, 0.2) is 0 Å². The van der Waals surface area contributed by atoms with Gasteiger partial charge in [-0.15, -0.1) is 12.4 Å². The van der Waals surface area contributed by atoms with Gasteiger partial charge in [-0.2, -0.15) is 0 Å². The molecule has 4 nitrogen and oxygen atoms in total. The molecular weight excluding hydrogens is 300 g/mol. The van der Waals surface area contributed by atoms with E-state index in [2.05, 4.69) is 29.6 Å². The van der Waals surface area contributed by atoms with Crippen LogP contribution in [0.3, 0.4) is 0 Å². The summed E-state index contributed by atoms with van der Waals surface area (Å²) >= 11 is 0. The van der Waals surface area contributed by atoms with Gasteiger partial charge >= 0.3 is 0 Å². The molecule has 2 aromatic carbocycles. The zero-order valence-electron chi connectivity index (χ0n) is 12.4. The summed E-state index contributed by atoms with van der Waals surface area (Å²) in [5.74, 6) is 0. The van der Waals surface area contributed by atoms with Crippen molar-refractivity contribution in [2.75, 3.05) is 0 Å². The molecule has 0 spiro atoms. The van der Waals surface area contributed by atoms with E-state index in [-0.39, 0.29) is 23.0 Å². The molecule has 116 valence electrons. The Morgan fingerprint density at radius 1 is 1.27 bits per heavy atom. The number of nitrogens with zero attached hydrogens (tertiary/aromatic N) is 1. The first-order valence-electron chi connectivity index (χ1n) is 7.20. The fourth-order valence-electron chi connectivity index (χ4n) is 2.96. The van der Waals surface area contributed by atoms with E-state index in [4.69, 9.17) is 0 Å². The van der Waals surface area contributed by atoms with Gasteiger partial charge in [0.1, 0.15) is 0 Å². The molecule has 0 bridgehead atoms. The second kappa shape index (κ2) is 6.90. The second-order valence-corrected chi connectivity index (χ2v) is 5.54. The van der Waals surface area contributed by atoms with E-state index in [1.807, 2.05) is 13.0 Å². The molecule has 1 N–H and O–H groups in total. The van der Waals surface area contributed by atoms with Crippen molar-refractivity contribution < 1.29 is 4.92 Å². The number of hydrogen-bond donors (Lipinski definition) is 1. The summed E-state index contributed by atoms with van der Waals surface area (Å²) in [6.45, 7) is 2.65. The van der Waals surface area contributed by atoms with Crippen LogP contribution in [0.2, 0.25) is 0 Å². The molecule has 22 heavy (non-hydrogen) atoms. The Balaban J connectivity index is 0.00000176. The highest BCUT2D eigenvalue weighted by atomic mass is 35.5. The van der Waals surface area contributed by atoms with E-state index in [0.29, 0.717) is 12.6 Å². The van der Waals surface area contributed by atoms with E-state index >= 15 is 0 Å². The summed E-state index contributed by atoms with van der Waals surface area (Å²) in [6, 6.07) is 13.9. The van der Waals surface area contributed by atoms with Crippen LogP contribution < -0.4 is 5.32 Å². The molecule has 1 atom stereocenters. The maximum atomic E-state index is 10.9. The van der Waals surface area contributed by atoms with Crippen LogP contribution in [-0.4, -0.2) is 4.92 Å². The van der Waals surface area contributed by atoms with Gasteiger partial charge in [-0.3, -0.25) is 10.1 Å². The summed E-state index contributed by atoms with van der Waals surface area (Å²) in [5.41, 5.74) is 5.00. The Labute approximate surface area is 136 Å². The van der Waals surface area contributed by atoms with Crippen molar-refractivity contribution in [3.63, 3.8) is 0 Å². The van der Waals surface area contributed by atoms with Crippen LogP contribution in [0.1, 0.15) is 34.7 Å². The Bertz CT molecular complexity index is 688. The Morgan fingerprint density at radius 2 is 2.05 bits per heavy atom. The maximum absolute atomic E-state index is 10.9. The Hall–Kier alpha value is -1.91. The lowest BCUT2D eigenvalue weighted by Crippen LogP contribution is -2.19. The van der Waals surface area contributed by atoms with Gasteiger partial charge in [0, 0.05) is 24.7 Å². The number of nitro benzene ring substituents is 1. The van der Waals surface area contributed by atoms with Gasteiger partial charge in [-0.05, 0) is 42.0 Å². The van der Waals surface area contributed by atoms with Crippen molar-refractivity contribution in [3.05, 3.63) is 74.8 Å². The average Bonchev–Trinajstić information content (AvgIpc) is 2.89. The van der Waals surface area contributed by atoms with Gasteiger partial charge in [0.05, 0.1) is 4.92 Å². The largest absolute Gasteiger partial charge is 0.306 e. The number of nitrogens with one attached hydrogen (secondary N) is 1. The summed E-state index contributed by atoms with van der Waals surface area (Å²) in [6.07, 6.45) is 2.19. The van der Waals surface area contributed by atoms with Crippen molar-refractivity contribution in [2.45, 2.75) is 32.4 Å². The molecule has 1 unspecified atom stereocenters. The lowest BCUT2D eigenvalue weighted by molar-refractivity contribution is -0.384. The summed E-state index contributed by atoms with van der Waals surface area (Å²) < 4.78 is 0. The van der Waals surface area contributed by atoms with Gasteiger partial charge in [0.25, 0.3) is 5.69 Å². The quantitative estimate of drug-likeness (QED) is 0.682. The Kier molecular flexibility index (Phi) is 5.16. The fourth-order valence-corrected chi connectivity index (χ4v) is 2.96. The van der Waals surface area contributed by atoms with E-state index in [9.17, 15) is 10.1 Å². The minimum Gasteiger partial charge on any atom is -0.306 e. The summed E-state index contributed by atoms with van der Waals surface area (Å²) in [4.78, 5) is 10.5. The van der Waals surface area contributed by atoms with Crippen molar-refractivity contribution in [3.8, 4) is 0 Å². The van der Waals surface area contributed by atoms with Crippen molar-refractivity contribution >= 4 is 18.1 Å². The maximum Gasteiger partial charge on any atom is 0.269 e. The molecule has 0 amide bonds. The van der Waals surface area contributed by atoms with Gasteiger partial charge in [0.2, 0.25) is 0 Å². The van der Waals surface area contributed by atoms with E-state index in [1.54, 1.807) is 12.1 Å². The third-order valence-corrected chi connectivity index (χ3v) is 4.22. The van der Waals surface area contributed by atoms with E-state index < -0.39 is 0 Å². The predicted molar refractivity (Wildman–Crippen MR) is 89.4 cm³/mol. The van der Waals surface area contributed by atoms with Gasteiger partial charge in [-0.1, -0.05) is 30.3 Å². The van der Waals surface area contributed by atoms with Crippen molar-refractivity contribution in [1.29, 1.82) is 0 Å². The molecule has 2 aromatic rings. The molecule has 1 aliphatic rings. The highest BCUT2D eigenvalue weighted by Gasteiger charge is 2.21. The van der Waals surface area contributed by atoms with Crippen LogP contribution in [0, 0.1) is 17.0 Å². The highest BCUT2D eigenvalue weighted by Crippen LogP contribution is 2.31. The number of benzene rings is 2. The first-order valence-corrected chi connectivity index (χ1v) is 7.20. The molecule has 0 aromatic heterocycles. The van der Waals surface area contributed by atoms with Crippen LogP contribution in [0.15, 0.2) is 42.5 Å². The predicted octanol–water partition coefficient (Wildman–Crippen LogP) is 4.10. The number of non-ortho nitro benzene ring substituents is 1. The third kappa shape index (κ3) is 3.29. The number of rotatable bonds is 4. The number of halogens is 1. The standard InChI is InChI=1S/C17H18N2O2.ClH/c1-12-6-8-15(19(20)21)10-14(12)11-18-17-9-7-13-4-2-3-5-16(13)17;/h2-6,8,10,17-18H,7,9,11H2,1H3;1H. The first kappa shape index (κ1) is 16.5. The molecular formula is C17H19ClN2O2. The monoisotopic (exact) mass is 318 g/mol. The molecule has 0 fully saturated rings. The number of aryl methyl sites for hydroxylation is 2. The van der Waals surface area contributed by atoms with Crippen LogP contribution in [0.4, 0.5) is 5.69 Å². The first-order chi connectivity index (χ1) is 10.1. The molecule has 3 rings (SSSR count). The molecule has 0 saturated heterocycles. The lowest BCUT2D eigenvalue weighted by atomic mass is 10.1. The summed E-state index contributed by atoms with van der Waals surface area (Å²) in [7, 11) is 0. The van der Waals surface area contributed by atoms with E-state index in [0.717, 1.165) is 24.0 Å². The van der Waals surface area contributed by atoms with Crippen molar-refractivity contribution in [1.82, 2.24) is 5.32 Å². The Morgan fingerprint density at radius 3 is 2.82 bits per heavy atom. The average molecular weight is 319 g/mol. The highest BCUT2D eigenvalue weighted by molar-refractivity contribution is 5.85. The number of nitro groups is 1. The molecule has 0 radical (unpaired) electrons. The number of hydrogen-bond acceptors (Lipinski definition) is 3. The zero-order valence-corrected chi connectivity index (χ0v) is 13.2. The summed E-state index contributed by atoms with van der Waals surface area (Å²) in [5, 5.41) is 14.4. The zero-order chi connectivity index (χ0) is 14.8. The third-order valence-electron chi connectivity index (χ3n) is 4.22. The SMILES string of the molecule is Cc1ccc([N+](=O)[O-])cc1CNC1CCc2ccccc21.Cl. The molecule has 0 saturated carbocycles. The van der Waals surface area contributed by atoms with Gasteiger partial charge < -0.3 is 5.32 Å². The topological polar surface area (TPSA) is 55.2 Å². The van der Waals surface area contributed by atoms with Crippen LogP contribution in [0.5, 0.6) is 0 Å². The smallest absolute Gasteiger partial charge is 0.269 e. The fraction of sp³-hybridized carbons (Fsp3) is 0.294. The van der Waals surface area contributed by atoms with Crippen LogP contribution >= 0.6 is 12.4 Å². The molecule has 5 heteroatoms. The normalized spacial score (nSPS) is 16.0. The lowest BCUT2D eigenvalue weighted by Gasteiger charge is -2.15. The molecule has 0 aliphatic heterocycles. The second-order valence-electron chi connectivity index (χ2n) is 5.54. The molecule has 1 aliphatic carbocycles. The van der Waals surface area contributed by atoms with Crippen LogP contribution in [0.25, 0.3) is 0 Å². The van der Waals surface area contributed by atoms with Crippen molar-refractivity contribution in [2.24, 2.45) is 0 Å². The minimum absolute atomic E-state index is 0. The van der Waals surface area contributed by atoms with Gasteiger partial charge in [-0.25, -0.2) is 0 Å². The van der Waals surface area contributed by atoms with E-state index in [1.165, 1.54) is 11.1 Å². The minimum atomic E-state index is -0.339. The number of fused-ring (bicyclic) bond motifs is 1. The van der Waals surface area contributed by atoms with Crippen LogP contribution in [-0.2, 0) is 13.0 Å². The molecule has 0 heterocycles.